The van der Waals surface area contributed by atoms with Crippen LogP contribution >= 0.6 is 0 Å². The van der Waals surface area contributed by atoms with E-state index in [1.807, 2.05) is 18.5 Å². The van der Waals surface area contributed by atoms with Gasteiger partial charge in [-0.3, -0.25) is 0 Å². The second kappa shape index (κ2) is 3.86. The molecule has 0 bridgehead atoms. The molecule has 1 heterocycles. The number of anilines is 1. The summed E-state index contributed by atoms with van der Waals surface area (Å²) in [4.78, 5) is 2.98. The molecule has 2 heteroatoms. The number of allylic oxidation sites excluding steroid dienone is 1. The summed E-state index contributed by atoms with van der Waals surface area (Å²) in [6.07, 6.45) is 6.01. The van der Waals surface area contributed by atoms with Crippen molar-refractivity contribution in [3.05, 3.63) is 30.1 Å². The molecule has 0 unspecified atom stereocenters. The minimum absolute atomic E-state index is 0.903. The Labute approximate surface area is 67.3 Å². The molecule has 0 amide bonds. The summed E-state index contributed by atoms with van der Waals surface area (Å²) in [6.45, 7) is 5.10. The van der Waals surface area contributed by atoms with Gasteiger partial charge in [-0.25, -0.2) is 0 Å². The number of hydrogen-bond acceptors (Lipinski definition) is 1. The van der Waals surface area contributed by atoms with Gasteiger partial charge in [-0.05, 0) is 19.9 Å². The second-order valence-electron chi connectivity index (χ2n) is 2.76. The number of aromatic amines is 1. The molecule has 1 aromatic heterocycles. The van der Waals surface area contributed by atoms with Gasteiger partial charge in [-0.15, -0.1) is 0 Å². The summed E-state index contributed by atoms with van der Waals surface area (Å²) < 4.78 is 0. The molecular weight excluding hydrogens is 136 g/mol. The normalized spacial score (nSPS) is 9.27. The zero-order valence-electron chi connectivity index (χ0n) is 7.02. The van der Waals surface area contributed by atoms with Crippen molar-refractivity contribution in [1.82, 2.24) is 4.98 Å². The summed E-state index contributed by atoms with van der Waals surface area (Å²) in [5.41, 5.74) is 2.48. The van der Waals surface area contributed by atoms with E-state index in [0.29, 0.717) is 0 Å². The highest BCUT2D eigenvalue weighted by Crippen LogP contribution is 2.02. The molecule has 2 N–H and O–H groups in total. The number of H-pyrrole nitrogens is 1. The first kappa shape index (κ1) is 7.92. The van der Waals surface area contributed by atoms with Gasteiger partial charge in [0.25, 0.3) is 0 Å². The molecule has 0 fully saturated rings. The van der Waals surface area contributed by atoms with Gasteiger partial charge < -0.3 is 10.3 Å². The molecule has 0 saturated heterocycles. The van der Waals surface area contributed by atoms with Gasteiger partial charge in [0.1, 0.15) is 0 Å². The van der Waals surface area contributed by atoms with Crippen LogP contribution < -0.4 is 5.32 Å². The molecule has 0 saturated carbocycles. The first-order valence-electron chi connectivity index (χ1n) is 3.79. The smallest absolute Gasteiger partial charge is 0.0520 e. The Balaban J connectivity index is 2.30. The van der Waals surface area contributed by atoms with E-state index < -0.39 is 0 Å². The molecular formula is C9H14N2. The highest BCUT2D eigenvalue weighted by Gasteiger charge is 1.86. The van der Waals surface area contributed by atoms with E-state index in [1.165, 1.54) is 5.57 Å². The van der Waals surface area contributed by atoms with Crippen molar-refractivity contribution in [1.29, 1.82) is 0 Å². The second-order valence-corrected chi connectivity index (χ2v) is 2.76. The van der Waals surface area contributed by atoms with Crippen molar-refractivity contribution in [2.24, 2.45) is 0 Å². The molecule has 0 aliphatic rings. The SMILES string of the molecule is CC(C)=CCNc1cc[nH]c1. The molecule has 0 radical (unpaired) electrons. The lowest BCUT2D eigenvalue weighted by molar-refractivity contribution is 1.26. The first-order valence-corrected chi connectivity index (χ1v) is 3.79. The van der Waals surface area contributed by atoms with E-state index in [-0.39, 0.29) is 0 Å². The largest absolute Gasteiger partial charge is 0.380 e. The van der Waals surface area contributed by atoms with Crippen LogP contribution in [0.3, 0.4) is 0 Å². The summed E-state index contributed by atoms with van der Waals surface area (Å²) in [5.74, 6) is 0. The van der Waals surface area contributed by atoms with Crippen LogP contribution in [0.25, 0.3) is 0 Å². The first-order chi connectivity index (χ1) is 5.29. The fourth-order valence-corrected chi connectivity index (χ4v) is 0.807. The number of nitrogens with one attached hydrogen (secondary N) is 2. The molecule has 11 heavy (non-hydrogen) atoms. The lowest BCUT2D eigenvalue weighted by Crippen LogP contribution is -1.96. The van der Waals surface area contributed by atoms with Crippen molar-refractivity contribution < 1.29 is 0 Å². The van der Waals surface area contributed by atoms with Gasteiger partial charge >= 0.3 is 0 Å². The monoisotopic (exact) mass is 150 g/mol. The van der Waals surface area contributed by atoms with Gasteiger partial charge in [0.15, 0.2) is 0 Å². The number of hydrogen-bond donors (Lipinski definition) is 2. The van der Waals surface area contributed by atoms with Crippen molar-refractivity contribution in [2.45, 2.75) is 13.8 Å². The fraction of sp³-hybridized carbons (Fsp3) is 0.333. The molecule has 0 aromatic carbocycles. The van der Waals surface area contributed by atoms with Crippen molar-refractivity contribution in [2.75, 3.05) is 11.9 Å². The van der Waals surface area contributed by atoms with Gasteiger partial charge in [-0.2, -0.15) is 0 Å². The third kappa shape index (κ3) is 2.94. The van der Waals surface area contributed by atoms with Gasteiger partial charge in [-0.1, -0.05) is 11.6 Å². The van der Waals surface area contributed by atoms with E-state index in [4.69, 9.17) is 0 Å². The molecule has 1 rings (SSSR count). The highest BCUT2D eigenvalue weighted by molar-refractivity contribution is 5.40. The topological polar surface area (TPSA) is 27.8 Å². The molecule has 2 nitrogen and oxygen atoms in total. The number of rotatable bonds is 3. The molecule has 0 spiro atoms. The molecule has 0 aliphatic heterocycles. The Morgan fingerprint density at radius 1 is 1.64 bits per heavy atom. The summed E-state index contributed by atoms with van der Waals surface area (Å²) in [7, 11) is 0. The Bertz CT molecular complexity index is 218. The third-order valence-electron chi connectivity index (χ3n) is 1.41. The van der Waals surface area contributed by atoms with E-state index in [9.17, 15) is 0 Å². The summed E-state index contributed by atoms with van der Waals surface area (Å²) in [6, 6.07) is 2.01. The quantitative estimate of drug-likeness (QED) is 0.636. The van der Waals surface area contributed by atoms with Crippen LogP contribution in [0.5, 0.6) is 0 Å². The molecule has 0 aliphatic carbocycles. The predicted octanol–water partition coefficient (Wildman–Crippen LogP) is 2.39. The maximum atomic E-state index is 3.25. The van der Waals surface area contributed by atoms with E-state index in [0.717, 1.165) is 12.2 Å². The summed E-state index contributed by atoms with van der Waals surface area (Å²) >= 11 is 0. The average Bonchev–Trinajstić information content (AvgIpc) is 2.39. The van der Waals surface area contributed by atoms with Crippen LogP contribution in [0.1, 0.15) is 13.8 Å². The van der Waals surface area contributed by atoms with Gasteiger partial charge in [0, 0.05) is 18.9 Å². The highest BCUT2D eigenvalue weighted by atomic mass is 14.9. The average molecular weight is 150 g/mol. The van der Waals surface area contributed by atoms with Crippen LogP contribution in [0.4, 0.5) is 5.69 Å². The molecule has 1 aromatic rings. The Hall–Kier alpha value is -1.18. The van der Waals surface area contributed by atoms with Gasteiger partial charge in [0.2, 0.25) is 0 Å². The lowest BCUT2D eigenvalue weighted by atomic mass is 10.3. The van der Waals surface area contributed by atoms with E-state index in [1.54, 1.807) is 0 Å². The minimum Gasteiger partial charge on any atom is -0.380 e. The minimum atomic E-state index is 0.903. The van der Waals surface area contributed by atoms with Crippen molar-refractivity contribution >= 4 is 5.69 Å². The van der Waals surface area contributed by atoms with Crippen LogP contribution in [0, 0.1) is 0 Å². The molecule has 0 atom stereocenters. The van der Waals surface area contributed by atoms with Crippen molar-refractivity contribution in [3.8, 4) is 0 Å². The van der Waals surface area contributed by atoms with Crippen molar-refractivity contribution in [3.63, 3.8) is 0 Å². The lowest BCUT2D eigenvalue weighted by Gasteiger charge is -1.97. The Kier molecular flexibility index (Phi) is 2.78. The van der Waals surface area contributed by atoms with Crippen LogP contribution in [0.15, 0.2) is 30.1 Å². The van der Waals surface area contributed by atoms with E-state index in [2.05, 4.69) is 30.2 Å². The number of aromatic nitrogens is 1. The standard InChI is InChI=1S/C9H14N2/c1-8(2)3-6-11-9-4-5-10-7-9/h3-5,7,10-11H,6H2,1-2H3. The zero-order chi connectivity index (χ0) is 8.10. The van der Waals surface area contributed by atoms with Crippen LogP contribution in [-0.2, 0) is 0 Å². The maximum Gasteiger partial charge on any atom is 0.0520 e. The van der Waals surface area contributed by atoms with Gasteiger partial charge in [0.05, 0.1) is 5.69 Å². The molecule has 60 valence electrons. The third-order valence-corrected chi connectivity index (χ3v) is 1.41. The Morgan fingerprint density at radius 3 is 3.00 bits per heavy atom. The zero-order valence-corrected chi connectivity index (χ0v) is 7.02. The summed E-state index contributed by atoms with van der Waals surface area (Å²) in [5, 5.41) is 3.25. The predicted molar refractivity (Wildman–Crippen MR) is 48.7 cm³/mol. The van der Waals surface area contributed by atoms with Crippen LogP contribution in [-0.4, -0.2) is 11.5 Å². The Morgan fingerprint density at radius 2 is 2.45 bits per heavy atom. The van der Waals surface area contributed by atoms with Crippen LogP contribution in [0.2, 0.25) is 0 Å². The van der Waals surface area contributed by atoms with E-state index >= 15 is 0 Å². The fourth-order valence-electron chi connectivity index (χ4n) is 0.807. The maximum absolute atomic E-state index is 3.25.